The van der Waals surface area contributed by atoms with E-state index < -0.39 is 29.4 Å². The average Bonchev–Trinajstić information content (AvgIpc) is 2.99. The van der Waals surface area contributed by atoms with E-state index in [4.69, 9.17) is 16.2 Å². The summed E-state index contributed by atoms with van der Waals surface area (Å²) < 4.78 is 5.29. The van der Waals surface area contributed by atoms with Crippen molar-refractivity contribution in [2.24, 2.45) is 34.1 Å². The van der Waals surface area contributed by atoms with Crippen molar-refractivity contribution in [2.75, 3.05) is 33.4 Å². The maximum atomic E-state index is 13.6. The Morgan fingerprint density at radius 3 is 2.05 bits per heavy atom. The van der Waals surface area contributed by atoms with E-state index in [-0.39, 0.29) is 52.5 Å². The first-order chi connectivity index (χ1) is 18.8. The topological polar surface area (TPSA) is 160 Å². The van der Waals surface area contributed by atoms with Crippen molar-refractivity contribution in [3.05, 3.63) is 11.4 Å². The number of barbiturate groups is 1. The van der Waals surface area contributed by atoms with Crippen LogP contribution in [0.4, 0.5) is 9.59 Å². The van der Waals surface area contributed by atoms with Gasteiger partial charge in [0.2, 0.25) is 0 Å². The second kappa shape index (κ2) is 8.92. The lowest BCUT2D eigenvalue weighted by Crippen LogP contribution is -2.66. The molecule has 12 nitrogen and oxygen atoms in total. The van der Waals surface area contributed by atoms with E-state index >= 15 is 0 Å². The average molecular weight is 557 g/mol. The maximum absolute atomic E-state index is 13.6. The quantitative estimate of drug-likeness (QED) is 0.292. The molecule has 40 heavy (non-hydrogen) atoms. The second-order valence-electron chi connectivity index (χ2n) is 13.9. The van der Waals surface area contributed by atoms with Gasteiger partial charge in [0, 0.05) is 32.1 Å². The highest BCUT2D eigenvalue weighted by Gasteiger charge is 2.68. The second-order valence-corrected chi connectivity index (χ2v) is 13.9. The Bertz CT molecular complexity index is 1200. The van der Waals surface area contributed by atoms with Gasteiger partial charge in [-0.2, -0.15) is 0 Å². The van der Waals surface area contributed by atoms with Gasteiger partial charge >= 0.3 is 12.1 Å². The third-order valence-electron chi connectivity index (χ3n) is 10.3. The van der Waals surface area contributed by atoms with E-state index in [9.17, 15) is 24.0 Å². The zero-order valence-electron chi connectivity index (χ0n) is 23.6. The smallest absolute Gasteiger partial charge is 0.334 e. The number of likely N-dealkylation sites (N-methyl/N-ethyl adjacent to an activating group) is 1. The van der Waals surface area contributed by atoms with Crippen LogP contribution in [0.3, 0.4) is 0 Å². The molecule has 218 valence electrons. The van der Waals surface area contributed by atoms with Crippen LogP contribution in [-0.2, 0) is 19.1 Å². The van der Waals surface area contributed by atoms with Crippen LogP contribution in [0, 0.1) is 22.7 Å². The van der Waals surface area contributed by atoms with E-state index in [0.29, 0.717) is 58.3 Å². The molecule has 4 N–H and O–H groups in total. The highest BCUT2D eigenvalue weighted by molar-refractivity contribution is 6.29. The van der Waals surface area contributed by atoms with Gasteiger partial charge in [-0.05, 0) is 68.1 Å². The van der Waals surface area contributed by atoms with Crippen LogP contribution in [0.5, 0.6) is 0 Å². The van der Waals surface area contributed by atoms with Gasteiger partial charge in [0.25, 0.3) is 17.7 Å². The molecule has 7 amide bonds. The van der Waals surface area contributed by atoms with E-state index in [0.717, 1.165) is 17.7 Å². The van der Waals surface area contributed by atoms with Crippen molar-refractivity contribution in [1.29, 1.82) is 0 Å². The van der Waals surface area contributed by atoms with Crippen molar-refractivity contribution in [1.82, 2.24) is 19.6 Å². The van der Waals surface area contributed by atoms with Crippen LogP contribution in [0.1, 0.15) is 65.2 Å². The predicted molar refractivity (Wildman–Crippen MR) is 142 cm³/mol. The molecular weight excluding hydrogens is 516 g/mol. The third kappa shape index (κ3) is 3.93. The molecule has 12 heteroatoms. The summed E-state index contributed by atoms with van der Waals surface area (Å²) in [6.07, 6.45) is 5.48. The Labute approximate surface area is 234 Å². The standard InChI is InChI=1S/C28H40N6O6/c1-26(2)8-16(9-26)10-32-21(35)19(20(29)30)22(36)34(25(32)39)18-4-6-27(7-5-18)14-28(15-27)23(37)31(3)24(38)33(28)11-17-12-40-13-17/h16-18H,4-15,29-30H2,1-3H3. The Morgan fingerprint density at radius 2 is 1.52 bits per heavy atom. The number of nitrogens with zero attached hydrogens (tertiary/aromatic N) is 4. The van der Waals surface area contributed by atoms with Crippen molar-refractivity contribution in [3.8, 4) is 0 Å². The predicted octanol–water partition coefficient (Wildman–Crippen LogP) is 1.34. The van der Waals surface area contributed by atoms with Crippen molar-refractivity contribution in [2.45, 2.75) is 76.8 Å². The Balaban J connectivity index is 1.16. The fraction of sp³-hybridized carbons (Fsp3) is 0.750. The van der Waals surface area contributed by atoms with Crippen LogP contribution in [0.25, 0.3) is 0 Å². The number of imide groups is 3. The van der Waals surface area contributed by atoms with E-state index in [1.54, 1.807) is 11.9 Å². The summed E-state index contributed by atoms with van der Waals surface area (Å²) in [6.45, 7) is 6.26. The molecule has 3 aliphatic heterocycles. The summed E-state index contributed by atoms with van der Waals surface area (Å²) in [4.78, 5) is 71.6. The largest absolute Gasteiger partial charge is 0.385 e. The number of hydrogen-bond donors (Lipinski definition) is 2. The lowest BCUT2D eigenvalue weighted by atomic mass is 9.51. The molecule has 0 aromatic carbocycles. The fourth-order valence-corrected chi connectivity index (χ4v) is 8.41. The molecule has 0 aromatic rings. The van der Waals surface area contributed by atoms with Crippen LogP contribution >= 0.6 is 0 Å². The van der Waals surface area contributed by atoms with Gasteiger partial charge in [-0.15, -0.1) is 0 Å². The molecule has 0 aromatic heterocycles. The molecule has 3 saturated heterocycles. The fourth-order valence-electron chi connectivity index (χ4n) is 8.41. The molecule has 2 spiro atoms. The van der Waals surface area contributed by atoms with Crippen LogP contribution in [0.15, 0.2) is 11.4 Å². The molecule has 3 heterocycles. The number of carbonyl (C=O) groups is 5. The van der Waals surface area contributed by atoms with E-state index in [1.807, 2.05) is 0 Å². The summed E-state index contributed by atoms with van der Waals surface area (Å²) in [5.41, 5.74) is 10.5. The highest BCUT2D eigenvalue weighted by Crippen LogP contribution is 2.61. The maximum Gasteiger partial charge on any atom is 0.334 e. The minimum absolute atomic E-state index is 0.132. The number of carbonyl (C=O) groups excluding carboxylic acids is 5. The zero-order valence-corrected chi connectivity index (χ0v) is 23.6. The Kier molecular flexibility index (Phi) is 6.03. The number of nitrogens with two attached hydrogens (primary N) is 2. The van der Waals surface area contributed by atoms with Gasteiger partial charge < -0.3 is 21.1 Å². The molecule has 3 aliphatic carbocycles. The first kappa shape index (κ1) is 27.0. The summed E-state index contributed by atoms with van der Waals surface area (Å²) in [7, 11) is 1.55. The molecule has 6 fully saturated rings. The van der Waals surface area contributed by atoms with Gasteiger partial charge in [0.1, 0.15) is 16.9 Å². The molecule has 0 radical (unpaired) electrons. The van der Waals surface area contributed by atoms with Crippen LogP contribution in [0.2, 0.25) is 0 Å². The first-order valence-electron chi connectivity index (χ1n) is 14.4. The summed E-state index contributed by atoms with van der Waals surface area (Å²) in [6, 6.07) is -1.23. The number of amides is 7. The minimum Gasteiger partial charge on any atom is -0.385 e. The first-order valence-corrected chi connectivity index (χ1v) is 14.4. The summed E-state index contributed by atoms with van der Waals surface area (Å²) in [5, 5.41) is 0. The van der Waals surface area contributed by atoms with E-state index in [2.05, 4.69) is 13.8 Å². The van der Waals surface area contributed by atoms with E-state index in [1.165, 1.54) is 9.80 Å². The summed E-state index contributed by atoms with van der Waals surface area (Å²) >= 11 is 0. The van der Waals surface area contributed by atoms with Gasteiger partial charge in [-0.3, -0.25) is 29.1 Å². The third-order valence-corrected chi connectivity index (χ3v) is 10.3. The van der Waals surface area contributed by atoms with Gasteiger partial charge in [0.05, 0.1) is 13.2 Å². The summed E-state index contributed by atoms with van der Waals surface area (Å²) in [5.74, 6) is -1.53. The van der Waals surface area contributed by atoms with Gasteiger partial charge in [0.15, 0.2) is 0 Å². The Hall–Kier alpha value is -3.15. The van der Waals surface area contributed by atoms with Crippen molar-refractivity contribution in [3.63, 3.8) is 0 Å². The molecule has 0 atom stereocenters. The normalized spacial score (nSPS) is 28.5. The molecular formula is C28H40N6O6. The number of ether oxygens (including phenoxy) is 1. The zero-order chi connectivity index (χ0) is 28.8. The molecule has 6 rings (SSSR count). The lowest BCUT2D eigenvalue weighted by Gasteiger charge is -2.59. The molecule has 0 unspecified atom stereocenters. The number of urea groups is 2. The lowest BCUT2D eigenvalue weighted by molar-refractivity contribution is -0.153. The monoisotopic (exact) mass is 556 g/mol. The SMILES string of the molecule is CN1C(=O)N(CC2COC2)C2(CC3(CCC(N4C(=O)C(=C(N)N)C(=O)N(CC5CC(C)(C)C5)C4=O)CC3)C2)C1=O. The number of rotatable bonds is 5. The molecule has 6 aliphatic rings. The highest BCUT2D eigenvalue weighted by atomic mass is 16.5. The number of hydrogen-bond acceptors (Lipinski definition) is 8. The van der Waals surface area contributed by atoms with Gasteiger partial charge in [-0.25, -0.2) is 9.59 Å². The van der Waals surface area contributed by atoms with Crippen LogP contribution < -0.4 is 11.5 Å². The molecule has 3 saturated carbocycles. The van der Waals surface area contributed by atoms with Crippen molar-refractivity contribution < 1.29 is 28.7 Å². The van der Waals surface area contributed by atoms with Crippen molar-refractivity contribution >= 4 is 29.8 Å². The molecule has 0 bridgehead atoms. The Morgan fingerprint density at radius 1 is 0.900 bits per heavy atom. The van der Waals surface area contributed by atoms with Crippen LogP contribution in [-0.4, -0.2) is 94.3 Å². The van der Waals surface area contributed by atoms with Gasteiger partial charge in [-0.1, -0.05) is 13.8 Å². The minimum atomic E-state index is -0.811.